The van der Waals surface area contributed by atoms with Gasteiger partial charge in [0.2, 0.25) is 0 Å². The maximum Gasteiger partial charge on any atom is -0.00214 e. The molecule has 15 heavy (non-hydrogen) atoms. The van der Waals surface area contributed by atoms with Crippen molar-refractivity contribution in [2.75, 3.05) is 19.6 Å². The van der Waals surface area contributed by atoms with Crippen molar-refractivity contribution in [1.82, 2.24) is 4.90 Å². The minimum atomic E-state index is 1.28. The summed E-state index contributed by atoms with van der Waals surface area (Å²) in [6.07, 6.45) is 5.63. The summed E-state index contributed by atoms with van der Waals surface area (Å²) in [4.78, 5) is 2.54. The molecule has 1 heteroatoms. The van der Waals surface area contributed by atoms with E-state index >= 15 is 0 Å². The van der Waals surface area contributed by atoms with Crippen molar-refractivity contribution in [3.05, 3.63) is 12.7 Å². The van der Waals surface area contributed by atoms with E-state index in [4.69, 9.17) is 0 Å². The van der Waals surface area contributed by atoms with Gasteiger partial charge in [-0.1, -0.05) is 40.7 Å². The van der Waals surface area contributed by atoms with Gasteiger partial charge in [-0.2, -0.15) is 0 Å². The Morgan fingerprint density at radius 2 is 1.07 bits per heavy atom. The average Bonchev–Trinajstić information content (AvgIpc) is 2.23. The molecule has 94 valence electrons. The van der Waals surface area contributed by atoms with Gasteiger partial charge < -0.3 is 4.90 Å². The molecule has 0 aromatic rings. The highest BCUT2D eigenvalue weighted by Gasteiger charge is 1.98. The van der Waals surface area contributed by atoms with Gasteiger partial charge >= 0.3 is 0 Å². The molecule has 0 aliphatic heterocycles. The van der Waals surface area contributed by atoms with E-state index in [0.717, 1.165) is 0 Å². The van der Waals surface area contributed by atoms with Crippen LogP contribution in [-0.4, -0.2) is 24.5 Å². The molecule has 0 atom stereocenters. The highest BCUT2D eigenvalue weighted by molar-refractivity contribution is 4.53. The minimum Gasteiger partial charge on any atom is -0.303 e. The maximum atomic E-state index is 3.36. The van der Waals surface area contributed by atoms with E-state index in [-0.39, 0.29) is 0 Å². The first-order valence-electron chi connectivity index (χ1n) is 6.56. The van der Waals surface area contributed by atoms with Gasteiger partial charge in [-0.25, -0.2) is 0 Å². The molecule has 0 spiro atoms. The van der Waals surface area contributed by atoms with E-state index in [2.05, 4.69) is 32.3 Å². The third-order valence-electron chi connectivity index (χ3n) is 1.62. The topological polar surface area (TPSA) is 3.24 Å². The first kappa shape index (κ1) is 20.2. The van der Waals surface area contributed by atoms with Crippen LogP contribution in [0.5, 0.6) is 0 Å². The van der Waals surface area contributed by atoms with Gasteiger partial charge in [0.25, 0.3) is 0 Å². The normalized spacial score (nSPS) is 8.47. The molecule has 0 heterocycles. The predicted octanol–water partition coefficient (Wildman–Crippen LogP) is 4.74. The zero-order chi connectivity index (χ0) is 12.5. The Morgan fingerprint density at radius 1 is 0.867 bits per heavy atom. The quantitative estimate of drug-likeness (QED) is 0.579. The Labute approximate surface area is 98.6 Å². The average molecular weight is 215 g/mol. The molecule has 0 aliphatic carbocycles. The van der Waals surface area contributed by atoms with Gasteiger partial charge in [0, 0.05) is 0 Å². The van der Waals surface area contributed by atoms with Crippen LogP contribution in [0.15, 0.2) is 12.7 Å². The van der Waals surface area contributed by atoms with Gasteiger partial charge in [-0.15, -0.1) is 6.58 Å². The summed E-state index contributed by atoms with van der Waals surface area (Å²) in [5.41, 5.74) is 0. The third kappa shape index (κ3) is 24.8. The van der Waals surface area contributed by atoms with Crippen LogP contribution >= 0.6 is 0 Å². The Kier molecular flexibility index (Phi) is 31.6. The molecule has 0 saturated heterocycles. The molecule has 0 amide bonds. The lowest BCUT2D eigenvalue weighted by atomic mass is 10.3. The molecular formula is C14H33N. The fourth-order valence-corrected chi connectivity index (χ4v) is 1.28. The van der Waals surface area contributed by atoms with Crippen LogP contribution in [-0.2, 0) is 0 Å². The summed E-state index contributed by atoms with van der Waals surface area (Å²) in [6, 6.07) is 0. The monoisotopic (exact) mass is 215 g/mol. The second-order valence-electron chi connectivity index (χ2n) is 3.25. The van der Waals surface area contributed by atoms with Crippen LogP contribution in [0, 0.1) is 0 Å². The zero-order valence-corrected chi connectivity index (χ0v) is 12.0. The molecule has 0 aliphatic rings. The molecule has 0 N–H and O–H groups in total. The summed E-state index contributed by atoms with van der Waals surface area (Å²) in [5, 5.41) is 0. The lowest BCUT2D eigenvalue weighted by Crippen LogP contribution is -2.25. The molecule has 0 radical (unpaired) electrons. The lowest BCUT2D eigenvalue weighted by Gasteiger charge is -2.19. The van der Waals surface area contributed by atoms with Crippen LogP contribution in [0.25, 0.3) is 0 Å². The van der Waals surface area contributed by atoms with Crippen LogP contribution in [0.3, 0.4) is 0 Å². The lowest BCUT2D eigenvalue weighted by molar-refractivity contribution is 0.275. The fourth-order valence-electron chi connectivity index (χ4n) is 1.28. The molecule has 0 aromatic carbocycles. The smallest absolute Gasteiger partial charge is 0.00214 e. The molecule has 0 rings (SSSR count). The maximum absolute atomic E-state index is 3.36. The second-order valence-corrected chi connectivity index (χ2v) is 3.25. The van der Waals surface area contributed by atoms with Crippen molar-refractivity contribution in [1.29, 1.82) is 0 Å². The molecular weight excluding hydrogens is 182 g/mol. The Morgan fingerprint density at radius 3 is 1.20 bits per heavy atom. The summed E-state index contributed by atoms with van der Waals surface area (Å²) in [5.74, 6) is 0. The molecule has 0 bridgehead atoms. The summed E-state index contributed by atoms with van der Waals surface area (Å²) >= 11 is 0. The third-order valence-corrected chi connectivity index (χ3v) is 1.62. The van der Waals surface area contributed by atoms with E-state index in [1.165, 1.54) is 38.9 Å². The number of allylic oxidation sites excluding steroid dienone is 1. The molecule has 0 saturated carbocycles. The summed E-state index contributed by atoms with van der Waals surface area (Å²) < 4.78 is 0. The number of rotatable bonds is 6. The van der Waals surface area contributed by atoms with Crippen LogP contribution in [0.4, 0.5) is 0 Å². The molecule has 0 aromatic heterocycles. The van der Waals surface area contributed by atoms with Crippen molar-refractivity contribution in [3.63, 3.8) is 0 Å². The SMILES string of the molecule is C=CC.CC.CCCN(CCC)CCC. The van der Waals surface area contributed by atoms with E-state index < -0.39 is 0 Å². The van der Waals surface area contributed by atoms with Gasteiger partial charge in [0.1, 0.15) is 0 Å². The van der Waals surface area contributed by atoms with E-state index in [1.54, 1.807) is 6.08 Å². The standard InChI is InChI=1S/C9H21N.C3H6.C2H6/c1-4-7-10(8-5-2)9-6-3;1-3-2;1-2/h4-9H2,1-3H3;3H,1H2,2H3;1-2H3. The highest BCUT2D eigenvalue weighted by atomic mass is 15.1. The zero-order valence-electron chi connectivity index (χ0n) is 12.0. The van der Waals surface area contributed by atoms with Crippen LogP contribution < -0.4 is 0 Å². The van der Waals surface area contributed by atoms with Crippen molar-refractivity contribution in [2.24, 2.45) is 0 Å². The highest BCUT2D eigenvalue weighted by Crippen LogP contribution is 1.94. The number of hydrogen-bond donors (Lipinski definition) is 0. The molecule has 1 nitrogen and oxygen atoms in total. The Balaban J connectivity index is -0.000000245. The van der Waals surface area contributed by atoms with Crippen LogP contribution in [0.2, 0.25) is 0 Å². The molecule has 0 unspecified atom stereocenters. The Bertz CT molecular complexity index is 75.1. The number of nitrogens with zero attached hydrogens (tertiary/aromatic N) is 1. The summed E-state index contributed by atoms with van der Waals surface area (Å²) in [6.45, 7) is 19.8. The van der Waals surface area contributed by atoms with Crippen molar-refractivity contribution >= 4 is 0 Å². The fraction of sp³-hybridized carbons (Fsp3) is 0.857. The van der Waals surface area contributed by atoms with Gasteiger partial charge in [-0.3, -0.25) is 0 Å². The largest absolute Gasteiger partial charge is 0.303 e. The van der Waals surface area contributed by atoms with Gasteiger partial charge in [-0.05, 0) is 45.8 Å². The van der Waals surface area contributed by atoms with Crippen molar-refractivity contribution in [2.45, 2.75) is 60.8 Å². The van der Waals surface area contributed by atoms with E-state index in [0.29, 0.717) is 0 Å². The number of hydrogen-bond acceptors (Lipinski definition) is 1. The summed E-state index contributed by atoms with van der Waals surface area (Å²) in [7, 11) is 0. The van der Waals surface area contributed by atoms with E-state index in [9.17, 15) is 0 Å². The first-order chi connectivity index (χ1) is 7.26. The van der Waals surface area contributed by atoms with Gasteiger partial charge in [0.05, 0.1) is 0 Å². The van der Waals surface area contributed by atoms with Crippen molar-refractivity contribution in [3.8, 4) is 0 Å². The predicted molar refractivity (Wildman–Crippen MR) is 74.5 cm³/mol. The first-order valence-corrected chi connectivity index (χ1v) is 6.56. The Hall–Kier alpha value is -0.300. The molecule has 0 fully saturated rings. The van der Waals surface area contributed by atoms with E-state index in [1.807, 2.05) is 20.8 Å². The van der Waals surface area contributed by atoms with Crippen LogP contribution in [0.1, 0.15) is 60.8 Å². The minimum absolute atomic E-state index is 1.28. The second kappa shape index (κ2) is 23.5. The van der Waals surface area contributed by atoms with Gasteiger partial charge in [0.15, 0.2) is 0 Å². The van der Waals surface area contributed by atoms with Crippen molar-refractivity contribution < 1.29 is 0 Å².